The van der Waals surface area contributed by atoms with Crippen LogP contribution in [0.3, 0.4) is 0 Å². The molecule has 0 bridgehead atoms. The van der Waals surface area contributed by atoms with Crippen LogP contribution in [-0.4, -0.2) is 19.6 Å². The number of hydrogen-bond acceptors (Lipinski definition) is 3. The van der Waals surface area contributed by atoms with Crippen molar-refractivity contribution in [3.63, 3.8) is 0 Å². The smallest absolute Gasteiger partial charge is 0.335 e. The molecule has 0 saturated carbocycles. The highest BCUT2D eigenvalue weighted by Crippen LogP contribution is 2.30. The molecule has 4 heteroatoms. The highest BCUT2D eigenvalue weighted by atomic mass is 19.1. The van der Waals surface area contributed by atoms with Crippen molar-refractivity contribution in [3.05, 3.63) is 47.4 Å². The second-order valence-electron chi connectivity index (χ2n) is 3.94. The van der Waals surface area contributed by atoms with Crippen LogP contribution >= 0.6 is 0 Å². The number of carbonyl (C=O) groups excluding carboxylic acids is 1. The van der Waals surface area contributed by atoms with E-state index >= 15 is 0 Å². The van der Waals surface area contributed by atoms with Crippen molar-refractivity contribution in [1.29, 1.82) is 0 Å². The Morgan fingerprint density at radius 3 is 2.76 bits per heavy atom. The van der Waals surface area contributed by atoms with Gasteiger partial charge in [0.25, 0.3) is 0 Å². The monoisotopic (exact) mass is 235 g/mol. The van der Waals surface area contributed by atoms with Gasteiger partial charge < -0.3 is 10.1 Å². The zero-order valence-electron chi connectivity index (χ0n) is 9.57. The van der Waals surface area contributed by atoms with E-state index in [1.165, 1.54) is 19.2 Å². The molecule has 2 rings (SSSR count). The van der Waals surface area contributed by atoms with Crippen LogP contribution in [-0.2, 0) is 9.53 Å². The number of hydrogen-bond donors (Lipinski definition) is 1. The molecule has 0 aromatic heterocycles. The Balaban J connectivity index is 2.29. The van der Waals surface area contributed by atoms with E-state index in [0.29, 0.717) is 5.57 Å². The zero-order chi connectivity index (χ0) is 12.3. The maximum Gasteiger partial charge on any atom is 0.335 e. The summed E-state index contributed by atoms with van der Waals surface area (Å²) in [7, 11) is 1.36. The van der Waals surface area contributed by atoms with Crippen LogP contribution in [0.4, 0.5) is 4.39 Å². The molecule has 1 aromatic rings. The Bertz CT molecular complexity index is 439. The topological polar surface area (TPSA) is 38.3 Å². The fourth-order valence-corrected chi connectivity index (χ4v) is 2.03. The molecular formula is C13H14FNO2. The van der Waals surface area contributed by atoms with E-state index < -0.39 is 0 Å². The molecular weight excluding hydrogens is 221 g/mol. The van der Waals surface area contributed by atoms with E-state index in [2.05, 4.69) is 5.32 Å². The van der Waals surface area contributed by atoms with Gasteiger partial charge in [-0.1, -0.05) is 12.1 Å². The third kappa shape index (κ3) is 2.46. The second-order valence-corrected chi connectivity index (χ2v) is 3.94. The Labute approximate surface area is 99.3 Å². The molecule has 1 aliphatic rings. The van der Waals surface area contributed by atoms with Crippen molar-refractivity contribution in [2.24, 2.45) is 0 Å². The Kier molecular flexibility index (Phi) is 3.42. The lowest BCUT2D eigenvalue weighted by molar-refractivity contribution is -0.136. The summed E-state index contributed by atoms with van der Waals surface area (Å²) in [5.74, 6) is -0.637. The Morgan fingerprint density at radius 2 is 2.12 bits per heavy atom. The summed E-state index contributed by atoms with van der Waals surface area (Å²) < 4.78 is 17.6. The van der Waals surface area contributed by atoms with E-state index in [1.54, 1.807) is 18.3 Å². The Hall–Kier alpha value is -1.84. The molecule has 0 amide bonds. The van der Waals surface area contributed by atoms with Gasteiger partial charge in [0.1, 0.15) is 5.82 Å². The largest absolute Gasteiger partial charge is 0.466 e. The van der Waals surface area contributed by atoms with Gasteiger partial charge in [-0.25, -0.2) is 9.18 Å². The van der Waals surface area contributed by atoms with Gasteiger partial charge in [-0.2, -0.15) is 0 Å². The average Bonchev–Trinajstić information content (AvgIpc) is 2.39. The molecule has 3 nitrogen and oxygen atoms in total. The van der Waals surface area contributed by atoms with Gasteiger partial charge in [0.15, 0.2) is 0 Å². The standard InChI is InChI=1S/C13H14FNO2/c1-17-13(16)12-8-15-7-6-11(12)9-2-4-10(14)5-3-9/h2-5,8,11,15H,6-7H2,1H3/t11-/m0/s1. The van der Waals surface area contributed by atoms with Gasteiger partial charge in [0.2, 0.25) is 0 Å². The third-order valence-corrected chi connectivity index (χ3v) is 2.90. The van der Waals surface area contributed by atoms with Crippen LogP contribution in [0.2, 0.25) is 0 Å². The first kappa shape index (κ1) is 11.6. The highest BCUT2D eigenvalue weighted by Gasteiger charge is 2.25. The van der Waals surface area contributed by atoms with Crippen molar-refractivity contribution in [1.82, 2.24) is 5.32 Å². The maximum absolute atomic E-state index is 12.9. The summed E-state index contributed by atoms with van der Waals surface area (Å²) >= 11 is 0. The lowest BCUT2D eigenvalue weighted by Gasteiger charge is -2.23. The minimum Gasteiger partial charge on any atom is -0.466 e. The molecule has 1 heterocycles. The second kappa shape index (κ2) is 4.99. The number of ether oxygens (including phenoxy) is 1. The van der Waals surface area contributed by atoms with Crippen molar-refractivity contribution < 1.29 is 13.9 Å². The summed E-state index contributed by atoms with van der Waals surface area (Å²) in [5, 5.41) is 3.02. The van der Waals surface area contributed by atoms with Crippen LogP contribution in [0.15, 0.2) is 36.0 Å². The SMILES string of the molecule is COC(=O)C1=CNCC[C@H]1c1ccc(F)cc1. The van der Waals surface area contributed by atoms with Crippen molar-refractivity contribution in [3.8, 4) is 0 Å². The molecule has 1 N–H and O–H groups in total. The van der Waals surface area contributed by atoms with Crippen LogP contribution in [0.1, 0.15) is 17.9 Å². The normalized spacial score (nSPS) is 19.2. The number of rotatable bonds is 2. The van der Waals surface area contributed by atoms with Crippen molar-refractivity contribution in [2.75, 3.05) is 13.7 Å². The molecule has 0 spiro atoms. The minimum absolute atomic E-state index is 0.0238. The number of carbonyl (C=O) groups is 1. The average molecular weight is 235 g/mol. The molecule has 0 saturated heterocycles. The predicted octanol–water partition coefficient (Wildman–Crippen LogP) is 1.96. The summed E-state index contributed by atoms with van der Waals surface area (Å²) in [6, 6.07) is 6.24. The van der Waals surface area contributed by atoms with Gasteiger partial charge in [-0.15, -0.1) is 0 Å². The molecule has 90 valence electrons. The summed E-state index contributed by atoms with van der Waals surface area (Å²) in [6.07, 6.45) is 2.48. The van der Waals surface area contributed by atoms with Crippen molar-refractivity contribution in [2.45, 2.75) is 12.3 Å². The van der Waals surface area contributed by atoms with E-state index in [4.69, 9.17) is 4.74 Å². The fourth-order valence-electron chi connectivity index (χ4n) is 2.03. The highest BCUT2D eigenvalue weighted by molar-refractivity contribution is 5.90. The van der Waals surface area contributed by atoms with Crippen LogP contribution < -0.4 is 5.32 Å². The van der Waals surface area contributed by atoms with E-state index in [9.17, 15) is 9.18 Å². The molecule has 0 unspecified atom stereocenters. The molecule has 0 aliphatic carbocycles. The molecule has 0 fully saturated rings. The first-order chi connectivity index (χ1) is 8.22. The summed E-state index contributed by atoms with van der Waals surface area (Å²) in [5.41, 5.74) is 1.52. The number of esters is 1. The zero-order valence-corrected chi connectivity index (χ0v) is 9.57. The third-order valence-electron chi connectivity index (χ3n) is 2.90. The first-order valence-corrected chi connectivity index (χ1v) is 5.49. The number of halogens is 1. The van der Waals surface area contributed by atoms with Gasteiger partial charge in [-0.05, 0) is 24.1 Å². The first-order valence-electron chi connectivity index (χ1n) is 5.49. The number of methoxy groups -OCH3 is 1. The summed E-state index contributed by atoms with van der Waals surface area (Å²) in [4.78, 5) is 11.6. The molecule has 17 heavy (non-hydrogen) atoms. The van der Waals surface area contributed by atoms with Crippen molar-refractivity contribution >= 4 is 5.97 Å². The van der Waals surface area contributed by atoms with Crippen LogP contribution in [0, 0.1) is 5.82 Å². The van der Waals surface area contributed by atoms with Crippen LogP contribution in [0.5, 0.6) is 0 Å². The van der Waals surface area contributed by atoms with E-state index in [0.717, 1.165) is 18.5 Å². The van der Waals surface area contributed by atoms with Gasteiger partial charge in [0.05, 0.1) is 12.7 Å². The van der Waals surface area contributed by atoms with Gasteiger partial charge in [-0.3, -0.25) is 0 Å². The van der Waals surface area contributed by atoms with Gasteiger partial charge >= 0.3 is 5.97 Å². The number of benzene rings is 1. The predicted molar refractivity (Wildman–Crippen MR) is 61.9 cm³/mol. The van der Waals surface area contributed by atoms with E-state index in [-0.39, 0.29) is 17.7 Å². The molecule has 1 aromatic carbocycles. The number of nitrogens with one attached hydrogen (secondary N) is 1. The molecule has 1 atom stereocenters. The maximum atomic E-state index is 12.9. The van der Waals surface area contributed by atoms with E-state index in [1.807, 2.05) is 0 Å². The fraction of sp³-hybridized carbons (Fsp3) is 0.308. The lowest BCUT2D eigenvalue weighted by Crippen LogP contribution is -2.25. The van der Waals surface area contributed by atoms with Gasteiger partial charge in [0, 0.05) is 18.7 Å². The van der Waals surface area contributed by atoms with Crippen LogP contribution in [0.25, 0.3) is 0 Å². The lowest BCUT2D eigenvalue weighted by atomic mass is 9.87. The quantitative estimate of drug-likeness (QED) is 0.796. The molecule has 0 radical (unpaired) electrons. The summed E-state index contributed by atoms with van der Waals surface area (Å²) in [6.45, 7) is 0.794. The Morgan fingerprint density at radius 1 is 1.41 bits per heavy atom. The minimum atomic E-state index is -0.341. The molecule has 1 aliphatic heterocycles.